The SMILES string of the molecule is O=C(c1cncc(Nc2ccccc2F)c1)N1CCN(Cc2ccccc2)CC1. The van der Waals surface area contributed by atoms with E-state index in [9.17, 15) is 9.18 Å². The highest BCUT2D eigenvalue weighted by Gasteiger charge is 2.22. The number of nitrogens with zero attached hydrogens (tertiary/aromatic N) is 3. The van der Waals surface area contributed by atoms with E-state index in [4.69, 9.17) is 0 Å². The van der Waals surface area contributed by atoms with Crippen LogP contribution in [0.1, 0.15) is 15.9 Å². The van der Waals surface area contributed by atoms with Gasteiger partial charge in [-0.1, -0.05) is 42.5 Å². The van der Waals surface area contributed by atoms with Crippen molar-refractivity contribution in [2.24, 2.45) is 0 Å². The zero-order valence-corrected chi connectivity index (χ0v) is 16.1. The summed E-state index contributed by atoms with van der Waals surface area (Å²) in [6.07, 6.45) is 3.15. The van der Waals surface area contributed by atoms with Crippen LogP contribution < -0.4 is 5.32 Å². The molecule has 2 heterocycles. The molecule has 1 N–H and O–H groups in total. The Hall–Kier alpha value is -3.25. The molecule has 1 amide bonds. The zero-order chi connectivity index (χ0) is 20.1. The van der Waals surface area contributed by atoms with Gasteiger partial charge >= 0.3 is 0 Å². The van der Waals surface area contributed by atoms with Crippen molar-refractivity contribution in [2.75, 3.05) is 31.5 Å². The van der Waals surface area contributed by atoms with Crippen LogP contribution in [0.3, 0.4) is 0 Å². The second kappa shape index (κ2) is 8.84. The minimum absolute atomic E-state index is 0.0472. The molecule has 3 aromatic rings. The maximum atomic E-state index is 13.9. The van der Waals surface area contributed by atoms with Gasteiger partial charge in [0.15, 0.2) is 0 Å². The molecule has 0 spiro atoms. The third kappa shape index (κ3) is 4.78. The molecule has 1 aliphatic rings. The van der Waals surface area contributed by atoms with Crippen molar-refractivity contribution in [3.63, 3.8) is 0 Å². The second-order valence-electron chi connectivity index (χ2n) is 7.12. The van der Waals surface area contributed by atoms with Crippen LogP contribution in [-0.4, -0.2) is 46.9 Å². The van der Waals surface area contributed by atoms with Crippen molar-refractivity contribution in [3.05, 3.63) is 90.0 Å². The first-order valence-electron chi connectivity index (χ1n) is 9.71. The number of hydrogen-bond acceptors (Lipinski definition) is 4. The van der Waals surface area contributed by atoms with E-state index in [-0.39, 0.29) is 11.7 Å². The van der Waals surface area contributed by atoms with E-state index in [1.54, 1.807) is 36.7 Å². The number of hydrogen-bond donors (Lipinski definition) is 1. The maximum absolute atomic E-state index is 13.9. The minimum atomic E-state index is -0.348. The number of amides is 1. The summed E-state index contributed by atoms with van der Waals surface area (Å²) in [6.45, 7) is 3.92. The van der Waals surface area contributed by atoms with Gasteiger partial charge in [-0.05, 0) is 23.8 Å². The number of benzene rings is 2. The van der Waals surface area contributed by atoms with Crippen molar-refractivity contribution in [1.29, 1.82) is 0 Å². The van der Waals surface area contributed by atoms with Gasteiger partial charge in [-0.25, -0.2) is 4.39 Å². The molecule has 1 saturated heterocycles. The van der Waals surface area contributed by atoms with Crippen LogP contribution in [0.4, 0.5) is 15.8 Å². The Kier molecular flexibility index (Phi) is 5.81. The Labute approximate surface area is 169 Å². The standard InChI is InChI=1S/C23H23FN4O/c24-21-8-4-5-9-22(21)26-20-14-19(15-25-16-20)23(29)28-12-10-27(11-13-28)17-18-6-2-1-3-7-18/h1-9,14-16,26H,10-13,17H2. The summed E-state index contributed by atoms with van der Waals surface area (Å²) in [5.74, 6) is -0.396. The van der Waals surface area contributed by atoms with E-state index in [1.165, 1.54) is 11.6 Å². The molecule has 29 heavy (non-hydrogen) atoms. The van der Waals surface area contributed by atoms with Crippen LogP contribution in [0.25, 0.3) is 0 Å². The van der Waals surface area contributed by atoms with Gasteiger partial charge in [0.05, 0.1) is 23.1 Å². The fourth-order valence-electron chi connectivity index (χ4n) is 3.48. The van der Waals surface area contributed by atoms with Crippen molar-refractivity contribution >= 4 is 17.3 Å². The summed E-state index contributed by atoms with van der Waals surface area (Å²) in [5, 5.41) is 2.99. The molecule has 1 aromatic heterocycles. The quantitative estimate of drug-likeness (QED) is 0.717. The summed E-state index contributed by atoms with van der Waals surface area (Å²) in [4.78, 5) is 21.3. The van der Waals surface area contributed by atoms with Crippen LogP contribution in [0, 0.1) is 5.82 Å². The van der Waals surface area contributed by atoms with E-state index in [0.717, 1.165) is 19.6 Å². The molecule has 148 valence electrons. The summed E-state index contributed by atoms with van der Waals surface area (Å²) in [6, 6.07) is 18.5. The van der Waals surface area contributed by atoms with Gasteiger partial charge in [0.1, 0.15) is 5.82 Å². The van der Waals surface area contributed by atoms with Crippen LogP contribution in [0.5, 0.6) is 0 Å². The number of piperazine rings is 1. The average Bonchev–Trinajstić information content (AvgIpc) is 2.76. The minimum Gasteiger partial charge on any atom is -0.352 e. The predicted molar refractivity (Wildman–Crippen MR) is 112 cm³/mol. The van der Waals surface area contributed by atoms with E-state index < -0.39 is 0 Å². The van der Waals surface area contributed by atoms with Gasteiger partial charge in [-0.15, -0.1) is 0 Å². The fourth-order valence-corrected chi connectivity index (χ4v) is 3.48. The molecular weight excluding hydrogens is 367 g/mol. The van der Waals surface area contributed by atoms with E-state index >= 15 is 0 Å². The first-order valence-corrected chi connectivity index (χ1v) is 9.71. The lowest BCUT2D eigenvalue weighted by Crippen LogP contribution is -2.48. The summed E-state index contributed by atoms with van der Waals surface area (Å²) < 4.78 is 13.9. The largest absolute Gasteiger partial charge is 0.352 e. The second-order valence-corrected chi connectivity index (χ2v) is 7.12. The molecule has 0 aliphatic carbocycles. The molecule has 4 rings (SSSR count). The third-order valence-electron chi connectivity index (χ3n) is 5.05. The first kappa shape index (κ1) is 19.1. The topological polar surface area (TPSA) is 48.5 Å². The molecular formula is C23H23FN4O. The lowest BCUT2D eigenvalue weighted by Gasteiger charge is -2.34. The van der Waals surface area contributed by atoms with Crippen LogP contribution in [0.15, 0.2) is 73.1 Å². The number of rotatable bonds is 5. The van der Waals surface area contributed by atoms with Gasteiger partial charge in [0.2, 0.25) is 0 Å². The normalized spacial score (nSPS) is 14.6. The Bertz CT molecular complexity index is 971. The average molecular weight is 390 g/mol. The van der Waals surface area contributed by atoms with Crippen LogP contribution in [0.2, 0.25) is 0 Å². The summed E-state index contributed by atoms with van der Waals surface area (Å²) >= 11 is 0. The Morgan fingerprint density at radius 1 is 0.966 bits per heavy atom. The lowest BCUT2D eigenvalue weighted by molar-refractivity contribution is 0.0628. The monoisotopic (exact) mass is 390 g/mol. The zero-order valence-electron chi connectivity index (χ0n) is 16.1. The molecule has 0 unspecified atom stereocenters. The lowest BCUT2D eigenvalue weighted by atomic mass is 10.1. The Balaban J connectivity index is 1.37. The van der Waals surface area contributed by atoms with Gasteiger partial charge in [0.25, 0.3) is 5.91 Å². The Morgan fingerprint density at radius 2 is 1.69 bits per heavy atom. The maximum Gasteiger partial charge on any atom is 0.255 e. The van der Waals surface area contributed by atoms with Gasteiger partial charge in [-0.3, -0.25) is 14.7 Å². The molecule has 0 radical (unpaired) electrons. The van der Waals surface area contributed by atoms with Gasteiger partial charge in [-0.2, -0.15) is 0 Å². The van der Waals surface area contributed by atoms with Crippen LogP contribution in [-0.2, 0) is 6.54 Å². The third-order valence-corrected chi connectivity index (χ3v) is 5.05. The van der Waals surface area contributed by atoms with Gasteiger partial charge < -0.3 is 10.2 Å². The summed E-state index contributed by atoms with van der Waals surface area (Å²) in [5.41, 5.74) is 2.73. The molecule has 1 aliphatic heterocycles. The van der Waals surface area contributed by atoms with Crippen molar-refractivity contribution in [3.8, 4) is 0 Å². The molecule has 5 nitrogen and oxygen atoms in total. The van der Waals surface area contributed by atoms with Crippen molar-refractivity contribution < 1.29 is 9.18 Å². The molecule has 0 atom stereocenters. The molecule has 2 aromatic carbocycles. The van der Waals surface area contributed by atoms with Crippen molar-refractivity contribution in [1.82, 2.24) is 14.8 Å². The molecule has 1 fully saturated rings. The fraction of sp³-hybridized carbons (Fsp3) is 0.217. The number of nitrogens with one attached hydrogen (secondary N) is 1. The number of pyridine rings is 1. The molecule has 6 heteroatoms. The highest BCUT2D eigenvalue weighted by molar-refractivity contribution is 5.95. The molecule has 0 saturated carbocycles. The van der Waals surface area contributed by atoms with E-state index in [1.807, 2.05) is 23.1 Å². The first-order chi connectivity index (χ1) is 14.2. The smallest absolute Gasteiger partial charge is 0.255 e. The highest BCUT2D eigenvalue weighted by Crippen LogP contribution is 2.20. The predicted octanol–water partition coefficient (Wildman–Crippen LogP) is 3.92. The number of anilines is 2. The van der Waals surface area contributed by atoms with E-state index in [2.05, 4.69) is 27.3 Å². The Morgan fingerprint density at radius 3 is 2.45 bits per heavy atom. The van der Waals surface area contributed by atoms with Gasteiger partial charge in [0, 0.05) is 38.9 Å². The highest BCUT2D eigenvalue weighted by atomic mass is 19.1. The number of halogens is 1. The summed E-state index contributed by atoms with van der Waals surface area (Å²) in [7, 11) is 0. The molecule has 0 bridgehead atoms. The number of carbonyl (C=O) groups excluding carboxylic acids is 1. The number of aromatic nitrogens is 1. The van der Waals surface area contributed by atoms with Crippen molar-refractivity contribution in [2.45, 2.75) is 6.54 Å². The number of para-hydroxylation sites is 1. The van der Waals surface area contributed by atoms with Crippen LogP contribution >= 0.6 is 0 Å². The van der Waals surface area contributed by atoms with E-state index in [0.29, 0.717) is 30.0 Å². The number of carbonyl (C=O) groups is 1.